The van der Waals surface area contributed by atoms with Gasteiger partial charge in [-0.05, 0) is 6.54 Å². The van der Waals surface area contributed by atoms with Crippen LogP contribution in [0.2, 0.25) is 0 Å². The molecule has 1 aromatic carbocycles. The number of halogens is 1. The number of rotatable bonds is 3. The lowest BCUT2D eigenvalue weighted by Crippen LogP contribution is -3.00. The Balaban J connectivity index is 0. The second-order valence-electron chi connectivity index (χ2n) is 2.51. The number of nitrogens with one attached hydrogen (secondary N) is 1. The number of likely N-dealkylation sites (N-methyl/N-ethyl adjacent to an activating group) is 1. The second kappa shape index (κ2) is 12.8. The van der Waals surface area contributed by atoms with Crippen LogP contribution in [0.15, 0.2) is 30.3 Å². The van der Waals surface area contributed by atoms with Crippen molar-refractivity contribution in [3.8, 4) is 0 Å². The molecule has 0 bridgehead atoms. The molecule has 2 N–H and O–H groups in total. The Morgan fingerprint density at radius 3 is 2.20 bits per heavy atom. The van der Waals surface area contributed by atoms with Gasteiger partial charge in [-0.15, -0.1) is 0 Å². The number of aliphatic hydroxyl groups excluding tert-OH is 1. The van der Waals surface area contributed by atoms with Gasteiger partial charge in [-0.3, -0.25) is 0 Å². The van der Waals surface area contributed by atoms with Gasteiger partial charge in [0.05, 0.1) is 6.61 Å². The minimum Gasteiger partial charge on any atom is -1.00 e. The molecule has 0 radical (unpaired) electrons. The molecule has 4 nitrogen and oxygen atoms in total. The standard InChI is InChI=1S/C6H5N2.C4H11NO.ClH/c7-8-6-4-2-1-3-5-6;1-2-5-3-4-6;/h1-5H;5-6H,2-4H2,1H3;1H/q+1;;/p-1. The molecular formula is C10H16ClN3O. The molecule has 0 heterocycles. The topological polar surface area (TPSA) is 60.4 Å². The van der Waals surface area contributed by atoms with Crippen LogP contribution in [-0.4, -0.2) is 24.8 Å². The number of hydrogen-bond donors (Lipinski definition) is 2. The van der Waals surface area contributed by atoms with Crippen molar-refractivity contribution >= 4 is 5.69 Å². The summed E-state index contributed by atoms with van der Waals surface area (Å²) in [6.45, 7) is 3.92. The van der Waals surface area contributed by atoms with Gasteiger partial charge in [-0.25, -0.2) is 0 Å². The van der Waals surface area contributed by atoms with Crippen molar-refractivity contribution in [1.29, 1.82) is 5.39 Å². The summed E-state index contributed by atoms with van der Waals surface area (Å²) in [5.41, 5.74) is 0.590. The first-order valence-corrected chi connectivity index (χ1v) is 4.56. The molecule has 15 heavy (non-hydrogen) atoms. The molecule has 0 spiro atoms. The fourth-order valence-electron chi connectivity index (χ4n) is 0.750. The summed E-state index contributed by atoms with van der Waals surface area (Å²) < 4.78 is 0. The fourth-order valence-corrected chi connectivity index (χ4v) is 0.750. The fraction of sp³-hybridized carbons (Fsp3) is 0.400. The lowest BCUT2D eigenvalue weighted by atomic mass is 10.3. The largest absolute Gasteiger partial charge is 1.00 e. The van der Waals surface area contributed by atoms with E-state index in [1.165, 1.54) is 0 Å². The smallest absolute Gasteiger partial charge is 0.385 e. The summed E-state index contributed by atoms with van der Waals surface area (Å²) in [5, 5.41) is 19.2. The zero-order chi connectivity index (χ0) is 10.6. The van der Waals surface area contributed by atoms with Crippen LogP contribution in [0.3, 0.4) is 0 Å². The van der Waals surface area contributed by atoms with E-state index in [0.717, 1.165) is 13.1 Å². The van der Waals surface area contributed by atoms with Gasteiger partial charge >= 0.3 is 5.69 Å². The summed E-state index contributed by atoms with van der Waals surface area (Å²) in [6.07, 6.45) is 0. The molecule has 0 unspecified atom stereocenters. The maximum atomic E-state index is 8.16. The summed E-state index contributed by atoms with van der Waals surface area (Å²) in [7, 11) is 0. The molecule has 1 rings (SSSR count). The number of aliphatic hydroxyl groups is 1. The van der Waals surface area contributed by atoms with E-state index >= 15 is 0 Å². The number of benzene rings is 1. The van der Waals surface area contributed by atoms with Crippen molar-refractivity contribution in [2.75, 3.05) is 19.7 Å². The predicted octanol–water partition coefficient (Wildman–Crippen LogP) is -1.24. The summed E-state index contributed by atoms with van der Waals surface area (Å²) in [5.74, 6) is 0. The van der Waals surface area contributed by atoms with E-state index in [-0.39, 0.29) is 19.0 Å². The molecule has 0 aliphatic carbocycles. The SMILES string of the molecule is CCNCCO.N#[N+]c1ccccc1.[Cl-]. The molecule has 0 atom stereocenters. The van der Waals surface area contributed by atoms with Gasteiger partial charge < -0.3 is 22.8 Å². The zero-order valence-electron chi connectivity index (χ0n) is 8.73. The average molecular weight is 230 g/mol. The third kappa shape index (κ3) is 10.8. The Labute approximate surface area is 96.4 Å². The zero-order valence-corrected chi connectivity index (χ0v) is 9.48. The van der Waals surface area contributed by atoms with Crippen LogP contribution >= 0.6 is 0 Å². The molecule has 0 aromatic heterocycles. The average Bonchev–Trinajstić information content (AvgIpc) is 2.28. The molecule has 0 fully saturated rings. The van der Waals surface area contributed by atoms with E-state index in [0.29, 0.717) is 5.69 Å². The van der Waals surface area contributed by atoms with Gasteiger partial charge in [0, 0.05) is 18.7 Å². The molecule has 1 aromatic rings. The summed E-state index contributed by atoms with van der Waals surface area (Å²) in [4.78, 5) is 2.97. The summed E-state index contributed by atoms with van der Waals surface area (Å²) >= 11 is 0. The normalized spacial score (nSPS) is 7.80. The van der Waals surface area contributed by atoms with Gasteiger partial charge in [-0.1, -0.05) is 25.1 Å². The van der Waals surface area contributed by atoms with Crippen molar-refractivity contribution in [1.82, 2.24) is 5.32 Å². The van der Waals surface area contributed by atoms with E-state index < -0.39 is 0 Å². The Kier molecular flexibility index (Phi) is 14.0. The van der Waals surface area contributed by atoms with Gasteiger partial charge in [0.15, 0.2) is 4.98 Å². The third-order valence-corrected chi connectivity index (χ3v) is 1.41. The first kappa shape index (κ1) is 16.3. The van der Waals surface area contributed by atoms with Crippen LogP contribution in [0, 0.1) is 5.39 Å². The highest BCUT2D eigenvalue weighted by Crippen LogP contribution is 2.07. The van der Waals surface area contributed by atoms with Crippen molar-refractivity contribution < 1.29 is 17.5 Å². The van der Waals surface area contributed by atoms with Crippen molar-refractivity contribution in [2.45, 2.75) is 6.92 Å². The molecule has 0 amide bonds. The Morgan fingerprint density at radius 2 is 1.93 bits per heavy atom. The second-order valence-corrected chi connectivity index (χ2v) is 2.51. The van der Waals surface area contributed by atoms with Crippen LogP contribution < -0.4 is 17.7 Å². The van der Waals surface area contributed by atoms with E-state index in [4.69, 9.17) is 10.5 Å². The van der Waals surface area contributed by atoms with Crippen LogP contribution in [0.4, 0.5) is 5.69 Å². The minimum atomic E-state index is 0. The Hall–Kier alpha value is -1.15. The molecule has 84 valence electrons. The lowest BCUT2D eigenvalue weighted by Gasteiger charge is -1.91. The highest BCUT2D eigenvalue weighted by atomic mass is 35.5. The third-order valence-electron chi connectivity index (χ3n) is 1.41. The molecular weight excluding hydrogens is 214 g/mol. The maximum Gasteiger partial charge on any atom is 0.385 e. The molecule has 0 aliphatic heterocycles. The first-order valence-electron chi connectivity index (χ1n) is 4.56. The summed E-state index contributed by atoms with van der Waals surface area (Å²) in [6, 6.07) is 8.94. The van der Waals surface area contributed by atoms with Crippen LogP contribution in [0.25, 0.3) is 4.98 Å². The number of hydrogen-bond acceptors (Lipinski definition) is 3. The molecule has 0 aliphatic rings. The lowest BCUT2D eigenvalue weighted by molar-refractivity contribution is -0.00000428. The highest BCUT2D eigenvalue weighted by molar-refractivity contribution is 5.42. The van der Waals surface area contributed by atoms with E-state index in [1.54, 1.807) is 12.1 Å². The van der Waals surface area contributed by atoms with Crippen LogP contribution in [-0.2, 0) is 0 Å². The van der Waals surface area contributed by atoms with Crippen LogP contribution in [0.5, 0.6) is 0 Å². The quantitative estimate of drug-likeness (QED) is 0.504. The molecule has 0 saturated carbocycles. The van der Waals surface area contributed by atoms with Crippen molar-refractivity contribution in [3.63, 3.8) is 0 Å². The van der Waals surface area contributed by atoms with Gasteiger partial charge in [-0.2, -0.15) is 0 Å². The van der Waals surface area contributed by atoms with Crippen molar-refractivity contribution in [2.24, 2.45) is 0 Å². The van der Waals surface area contributed by atoms with E-state index in [1.807, 2.05) is 25.1 Å². The highest BCUT2D eigenvalue weighted by Gasteiger charge is 1.95. The van der Waals surface area contributed by atoms with Crippen LogP contribution in [0.1, 0.15) is 6.92 Å². The molecule has 5 heteroatoms. The van der Waals surface area contributed by atoms with Gasteiger partial charge in [0.1, 0.15) is 0 Å². The van der Waals surface area contributed by atoms with Crippen molar-refractivity contribution in [3.05, 3.63) is 35.3 Å². The van der Waals surface area contributed by atoms with Gasteiger partial charge in [0.25, 0.3) is 0 Å². The maximum absolute atomic E-state index is 8.16. The number of nitrogens with zero attached hydrogens (tertiary/aromatic N) is 2. The van der Waals surface area contributed by atoms with E-state index in [9.17, 15) is 0 Å². The monoisotopic (exact) mass is 229 g/mol. The molecule has 0 saturated heterocycles. The minimum absolute atomic E-state index is 0. The Morgan fingerprint density at radius 1 is 1.33 bits per heavy atom. The van der Waals surface area contributed by atoms with E-state index in [2.05, 4.69) is 10.3 Å². The predicted molar refractivity (Wildman–Crippen MR) is 56.8 cm³/mol. The first-order chi connectivity index (χ1) is 6.85. The Bertz CT molecular complexity index is 257. The van der Waals surface area contributed by atoms with Gasteiger partial charge in [0.2, 0.25) is 5.39 Å². The number of diazo groups is 1.